The number of hydrogen-bond donors (Lipinski definition) is 3. The topological polar surface area (TPSA) is 83.3 Å². The Balaban J connectivity index is 0.00000312. The molecule has 0 bridgehead atoms. The van der Waals surface area contributed by atoms with Crippen LogP contribution in [0.3, 0.4) is 0 Å². The number of carbonyl (C=O) groups is 1. The molecule has 0 atom stereocenters. The van der Waals surface area contributed by atoms with Gasteiger partial charge < -0.3 is 20.5 Å². The summed E-state index contributed by atoms with van der Waals surface area (Å²) in [6, 6.07) is 7.99. The van der Waals surface area contributed by atoms with E-state index in [-0.39, 0.29) is 42.0 Å². The number of para-hydroxylation sites is 2. The number of hydrogen-bond acceptors (Lipinski definition) is 3. The van der Waals surface area contributed by atoms with Crippen LogP contribution in [0.5, 0.6) is 0 Å². The maximum Gasteiger partial charge on any atom is 0.239 e. The zero-order valence-corrected chi connectivity index (χ0v) is 17.7. The highest BCUT2D eigenvalue weighted by molar-refractivity contribution is 14.0. The molecular formula is C17H27IN6O. The van der Waals surface area contributed by atoms with Gasteiger partial charge in [0, 0.05) is 19.6 Å². The van der Waals surface area contributed by atoms with Gasteiger partial charge in [-0.05, 0) is 32.9 Å². The number of guanidine groups is 1. The molecule has 0 saturated heterocycles. The van der Waals surface area contributed by atoms with Crippen LogP contribution < -0.4 is 16.0 Å². The largest absolute Gasteiger partial charge is 0.350 e. The fourth-order valence-corrected chi connectivity index (χ4v) is 2.36. The highest BCUT2D eigenvalue weighted by atomic mass is 127. The Morgan fingerprint density at radius 3 is 2.52 bits per heavy atom. The molecule has 2 aromatic rings. The maximum atomic E-state index is 11.9. The second-order valence-corrected chi connectivity index (χ2v) is 6.65. The Labute approximate surface area is 165 Å². The highest BCUT2D eigenvalue weighted by Crippen LogP contribution is 2.13. The average Bonchev–Trinajstić information content (AvgIpc) is 2.83. The van der Waals surface area contributed by atoms with Crippen LogP contribution in [-0.4, -0.2) is 40.5 Å². The van der Waals surface area contributed by atoms with E-state index < -0.39 is 0 Å². The van der Waals surface area contributed by atoms with E-state index in [1.807, 2.05) is 56.7 Å². The first-order valence-electron chi connectivity index (χ1n) is 7.96. The Hall–Kier alpha value is -1.84. The van der Waals surface area contributed by atoms with Crippen LogP contribution in [0.25, 0.3) is 11.0 Å². The van der Waals surface area contributed by atoms with Gasteiger partial charge in [-0.1, -0.05) is 12.1 Å². The van der Waals surface area contributed by atoms with Gasteiger partial charge in [-0.15, -0.1) is 24.0 Å². The molecule has 2 rings (SSSR count). The lowest BCUT2D eigenvalue weighted by molar-refractivity contribution is -0.121. The minimum atomic E-state index is -0.247. The van der Waals surface area contributed by atoms with Gasteiger partial charge in [0.25, 0.3) is 0 Å². The summed E-state index contributed by atoms with van der Waals surface area (Å²) in [5.41, 5.74) is 1.80. The third-order valence-corrected chi connectivity index (χ3v) is 3.45. The van der Waals surface area contributed by atoms with Gasteiger partial charge in [-0.2, -0.15) is 0 Å². The van der Waals surface area contributed by atoms with Crippen LogP contribution in [0.15, 0.2) is 29.3 Å². The summed E-state index contributed by atoms with van der Waals surface area (Å²) < 4.78 is 2.04. The number of nitrogens with zero attached hydrogens (tertiary/aromatic N) is 3. The lowest BCUT2D eigenvalue weighted by atomic mass is 10.1. The first-order valence-corrected chi connectivity index (χ1v) is 7.96. The predicted molar refractivity (Wildman–Crippen MR) is 112 cm³/mol. The fourth-order valence-electron chi connectivity index (χ4n) is 2.36. The molecule has 0 spiro atoms. The van der Waals surface area contributed by atoms with Crippen molar-refractivity contribution in [2.24, 2.45) is 12.0 Å². The van der Waals surface area contributed by atoms with Crippen molar-refractivity contribution in [3.8, 4) is 0 Å². The highest BCUT2D eigenvalue weighted by Gasteiger charge is 2.14. The van der Waals surface area contributed by atoms with Crippen molar-refractivity contribution in [1.82, 2.24) is 25.5 Å². The van der Waals surface area contributed by atoms with Crippen LogP contribution in [0.4, 0.5) is 0 Å². The molecule has 0 unspecified atom stereocenters. The lowest BCUT2D eigenvalue weighted by Crippen LogP contribution is -2.48. The van der Waals surface area contributed by atoms with Gasteiger partial charge in [0.05, 0.1) is 24.1 Å². The first kappa shape index (κ1) is 21.2. The number of nitrogens with one attached hydrogen (secondary N) is 3. The summed E-state index contributed by atoms with van der Waals surface area (Å²) in [5, 5.41) is 9.08. The van der Waals surface area contributed by atoms with E-state index in [2.05, 4.69) is 25.9 Å². The number of imidazole rings is 1. The van der Waals surface area contributed by atoms with Crippen molar-refractivity contribution >= 4 is 46.9 Å². The van der Waals surface area contributed by atoms with Gasteiger partial charge in [0.1, 0.15) is 5.82 Å². The number of fused-ring (bicyclic) bond motifs is 1. The Kier molecular flexibility index (Phi) is 7.65. The predicted octanol–water partition coefficient (Wildman–Crippen LogP) is 1.77. The van der Waals surface area contributed by atoms with E-state index in [9.17, 15) is 4.79 Å². The molecule has 0 radical (unpaired) electrons. The molecule has 1 amide bonds. The Bertz CT molecular complexity index is 747. The zero-order chi connectivity index (χ0) is 17.7. The van der Waals surface area contributed by atoms with Crippen LogP contribution in [0.1, 0.15) is 26.6 Å². The number of aromatic nitrogens is 2. The molecule has 3 N–H and O–H groups in total. The average molecular weight is 458 g/mol. The van der Waals surface area contributed by atoms with Crippen molar-refractivity contribution < 1.29 is 4.79 Å². The van der Waals surface area contributed by atoms with E-state index in [1.54, 1.807) is 7.05 Å². The molecule has 7 nitrogen and oxygen atoms in total. The number of rotatable bonds is 4. The third kappa shape index (κ3) is 6.18. The summed E-state index contributed by atoms with van der Waals surface area (Å²) in [6.07, 6.45) is 0. The monoisotopic (exact) mass is 458 g/mol. The van der Waals surface area contributed by atoms with Crippen molar-refractivity contribution in [3.63, 3.8) is 0 Å². The standard InChI is InChI=1S/C17H26N6O.HI/c1-17(2,3)22-15(24)11-20-16(18-4)19-10-14-21-12-8-6-7-9-13(12)23(14)5;/h6-9H,10-11H2,1-5H3,(H,22,24)(H2,18,19,20);1H. The summed E-state index contributed by atoms with van der Waals surface area (Å²) in [7, 11) is 3.66. The van der Waals surface area contributed by atoms with E-state index in [0.717, 1.165) is 16.9 Å². The minimum absolute atomic E-state index is 0. The van der Waals surface area contributed by atoms with Gasteiger partial charge in [0.15, 0.2) is 5.96 Å². The molecule has 138 valence electrons. The number of aryl methyl sites for hydroxylation is 1. The molecule has 8 heteroatoms. The van der Waals surface area contributed by atoms with Gasteiger partial charge >= 0.3 is 0 Å². The smallest absolute Gasteiger partial charge is 0.239 e. The van der Waals surface area contributed by atoms with Crippen LogP contribution in [-0.2, 0) is 18.4 Å². The molecule has 25 heavy (non-hydrogen) atoms. The summed E-state index contributed by atoms with van der Waals surface area (Å²) >= 11 is 0. The minimum Gasteiger partial charge on any atom is -0.350 e. The van der Waals surface area contributed by atoms with Crippen LogP contribution >= 0.6 is 24.0 Å². The molecule has 0 aliphatic rings. The number of halogens is 1. The van der Waals surface area contributed by atoms with Gasteiger partial charge in [-0.25, -0.2) is 4.98 Å². The first-order chi connectivity index (χ1) is 11.3. The van der Waals surface area contributed by atoms with Crippen LogP contribution in [0.2, 0.25) is 0 Å². The number of amides is 1. The third-order valence-electron chi connectivity index (χ3n) is 3.45. The van der Waals surface area contributed by atoms with Crippen LogP contribution in [0, 0.1) is 0 Å². The van der Waals surface area contributed by atoms with E-state index >= 15 is 0 Å². The Morgan fingerprint density at radius 1 is 1.24 bits per heavy atom. The van der Waals surface area contributed by atoms with E-state index in [4.69, 9.17) is 0 Å². The molecule has 0 saturated carbocycles. The van der Waals surface area contributed by atoms with Crippen molar-refractivity contribution in [1.29, 1.82) is 0 Å². The molecule has 0 fully saturated rings. The Morgan fingerprint density at radius 2 is 1.92 bits per heavy atom. The molecule has 1 heterocycles. The second-order valence-electron chi connectivity index (χ2n) is 6.65. The molecule has 0 aliphatic heterocycles. The fraction of sp³-hybridized carbons (Fsp3) is 0.471. The molecule has 0 aliphatic carbocycles. The summed E-state index contributed by atoms with van der Waals surface area (Å²) in [6.45, 7) is 6.53. The SMILES string of the molecule is CN=C(NCC(=O)NC(C)(C)C)NCc1nc2ccccc2n1C.I. The maximum absolute atomic E-state index is 11.9. The number of carbonyl (C=O) groups excluding carboxylic acids is 1. The lowest BCUT2D eigenvalue weighted by Gasteiger charge is -2.21. The van der Waals surface area contributed by atoms with Crippen molar-refractivity contribution in [3.05, 3.63) is 30.1 Å². The second kappa shape index (κ2) is 9.02. The number of benzene rings is 1. The molecule has 1 aromatic carbocycles. The van der Waals surface area contributed by atoms with E-state index in [1.165, 1.54) is 0 Å². The van der Waals surface area contributed by atoms with Gasteiger partial charge in [-0.3, -0.25) is 9.79 Å². The zero-order valence-electron chi connectivity index (χ0n) is 15.4. The van der Waals surface area contributed by atoms with E-state index in [0.29, 0.717) is 12.5 Å². The summed E-state index contributed by atoms with van der Waals surface area (Å²) in [5.74, 6) is 1.39. The molecule has 1 aromatic heterocycles. The van der Waals surface area contributed by atoms with Crippen molar-refractivity contribution in [2.75, 3.05) is 13.6 Å². The normalized spacial score (nSPS) is 11.8. The summed E-state index contributed by atoms with van der Waals surface area (Å²) in [4.78, 5) is 20.6. The quantitative estimate of drug-likeness (QED) is 0.371. The number of aliphatic imine (C=N–C) groups is 1. The molecular weight excluding hydrogens is 431 g/mol. The van der Waals surface area contributed by atoms with Gasteiger partial charge in [0.2, 0.25) is 5.91 Å². The van der Waals surface area contributed by atoms with Crippen molar-refractivity contribution in [2.45, 2.75) is 32.9 Å².